The second-order valence-corrected chi connectivity index (χ2v) is 5.79. The van der Waals surface area contributed by atoms with Crippen molar-refractivity contribution in [2.24, 2.45) is 11.8 Å². The summed E-state index contributed by atoms with van der Waals surface area (Å²) in [5.41, 5.74) is 0. The largest absolute Gasteiger partial charge is 0.394 e. The molecule has 0 radical (unpaired) electrons. The van der Waals surface area contributed by atoms with Crippen molar-refractivity contribution in [2.75, 3.05) is 26.2 Å². The molecule has 4 nitrogen and oxygen atoms in total. The van der Waals surface area contributed by atoms with Crippen molar-refractivity contribution in [1.29, 1.82) is 0 Å². The molecule has 18 heavy (non-hydrogen) atoms. The quantitative estimate of drug-likeness (QED) is 0.773. The lowest BCUT2D eigenvalue weighted by atomic mass is 9.86. The second kappa shape index (κ2) is 6.53. The van der Waals surface area contributed by atoms with Crippen LogP contribution in [-0.2, 0) is 4.79 Å². The second-order valence-electron chi connectivity index (χ2n) is 5.79. The summed E-state index contributed by atoms with van der Waals surface area (Å²) in [6.45, 7) is 4.98. The van der Waals surface area contributed by atoms with Gasteiger partial charge in [-0.25, -0.2) is 0 Å². The third-order valence-electron chi connectivity index (χ3n) is 4.47. The molecule has 2 aliphatic heterocycles. The number of carbonyl (C=O) groups excluding carboxylic acids is 1. The summed E-state index contributed by atoms with van der Waals surface area (Å²) in [6.07, 6.45) is 5.30. The molecule has 2 saturated heterocycles. The Morgan fingerprint density at radius 3 is 2.89 bits per heavy atom. The number of aliphatic hydroxyl groups is 1. The van der Waals surface area contributed by atoms with Crippen molar-refractivity contribution in [1.82, 2.24) is 10.2 Å². The maximum Gasteiger partial charge on any atom is 0.226 e. The van der Waals surface area contributed by atoms with E-state index in [4.69, 9.17) is 0 Å². The summed E-state index contributed by atoms with van der Waals surface area (Å²) in [5.74, 6) is 0.845. The van der Waals surface area contributed by atoms with E-state index in [1.807, 2.05) is 4.90 Å². The van der Waals surface area contributed by atoms with Crippen LogP contribution in [0, 0.1) is 11.8 Å². The molecule has 2 fully saturated rings. The molecular weight excluding hydrogens is 228 g/mol. The molecule has 3 atom stereocenters. The Labute approximate surface area is 110 Å². The van der Waals surface area contributed by atoms with Gasteiger partial charge in [0.05, 0.1) is 12.6 Å². The van der Waals surface area contributed by atoms with Gasteiger partial charge in [-0.05, 0) is 38.3 Å². The molecule has 1 amide bonds. The number of carbonyl (C=O) groups is 1. The van der Waals surface area contributed by atoms with Crippen molar-refractivity contribution in [3.05, 3.63) is 0 Å². The number of amides is 1. The van der Waals surface area contributed by atoms with E-state index in [1.54, 1.807) is 0 Å². The molecule has 4 heteroatoms. The van der Waals surface area contributed by atoms with Gasteiger partial charge in [-0.3, -0.25) is 4.79 Å². The number of aliphatic hydroxyl groups excluding tert-OH is 1. The van der Waals surface area contributed by atoms with E-state index in [0.717, 1.165) is 45.3 Å². The zero-order chi connectivity index (χ0) is 13.0. The van der Waals surface area contributed by atoms with Crippen LogP contribution in [-0.4, -0.2) is 48.2 Å². The number of rotatable bonds is 2. The highest BCUT2D eigenvalue weighted by molar-refractivity contribution is 5.79. The van der Waals surface area contributed by atoms with Crippen LogP contribution in [0.15, 0.2) is 0 Å². The molecule has 2 aliphatic rings. The molecule has 0 saturated carbocycles. The van der Waals surface area contributed by atoms with E-state index in [-0.39, 0.29) is 24.5 Å². The summed E-state index contributed by atoms with van der Waals surface area (Å²) in [6, 6.07) is 0.0575. The number of nitrogens with one attached hydrogen (secondary N) is 1. The van der Waals surface area contributed by atoms with Gasteiger partial charge in [-0.2, -0.15) is 0 Å². The lowest BCUT2D eigenvalue weighted by Gasteiger charge is -2.36. The maximum absolute atomic E-state index is 12.7. The fourth-order valence-corrected chi connectivity index (χ4v) is 3.25. The Morgan fingerprint density at radius 2 is 2.17 bits per heavy atom. The topological polar surface area (TPSA) is 52.6 Å². The Bertz CT molecular complexity index is 283. The number of likely N-dealkylation sites (tertiary alicyclic amines) is 1. The first-order chi connectivity index (χ1) is 8.74. The Morgan fingerprint density at radius 1 is 1.33 bits per heavy atom. The molecule has 0 aromatic rings. The van der Waals surface area contributed by atoms with Crippen LogP contribution in [0.4, 0.5) is 0 Å². The van der Waals surface area contributed by atoms with Gasteiger partial charge in [0.25, 0.3) is 0 Å². The average Bonchev–Trinajstić information content (AvgIpc) is 2.63. The minimum Gasteiger partial charge on any atom is -0.394 e. The third-order valence-corrected chi connectivity index (χ3v) is 4.47. The smallest absolute Gasteiger partial charge is 0.226 e. The van der Waals surface area contributed by atoms with E-state index in [0.29, 0.717) is 5.92 Å². The van der Waals surface area contributed by atoms with Crippen molar-refractivity contribution in [3.8, 4) is 0 Å². The van der Waals surface area contributed by atoms with Gasteiger partial charge in [0.1, 0.15) is 0 Å². The molecular formula is C14H26N2O2. The molecule has 2 heterocycles. The van der Waals surface area contributed by atoms with E-state index in [2.05, 4.69) is 12.2 Å². The van der Waals surface area contributed by atoms with Crippen LogP contribution in [0.2, 0.25) is 0 Å². The predicted octanol–water partition coefficient (Wildman–Crippen LogP) is 0.995. The van der Waals surface area contributed by atoms with Crippen molar-refractivity contribution in [2.45, 2.75) is 45.1 Å². The van der Waals surface area contributed by atoms with Gasteiger partial charge in [0.15, 0.2) is 0 Å². The summed E-state index contributed by atoms with van der Waals surface area (Å²) in [4.78, 5) is 14.6. The Hall–Kier alpha value is -0.610. The highest BCUT2D eigenvalue weighted by atomic mass is 16.3. The van der Waals surface area contributed by atoms with Gasteiger partial charge in [-0.15, -0.1) is 0 Å². The molecule has 0 aromatic heterocycles. The molecule has 2 N–H and O–H groups in total. The van der Waals surface area contributed by atoms with Crippen LogP contribution in [0.1, 0.15) is 39.0 Å². The van der Waals surface area contributed by atoms with Crippen molar-refractivity contribution in [3.63, 3.8) is 0 Å². The summed E-state index contributed by atoms with van der Waals surface area (Å²) >= 11 is 0. The van der Waals surface area contributed by atoms with Crippen molar-refractivity contribution >= 4 is 5.91 Å². The standard InChI is InChI=1S/C14H26N2O2/c1-11-9-15-7-6-13(11)14(18)16-8-4-2-3-5-12(16)10-17/h11-13,15,17H,2-10H2,1H3. The van der Waals surface area contributed by atoms with Gasteiger partial charge in [0.2, 0.25) is 5.91 Å². The van der Waals surface area contributed by atoms with E-state index >= 15 is 0 Å². The lowest BCUT2D eigenvalue weighted by molar-refractivity contribution is -0.141. The van der Waals surface area contributed by atoms with Crippen molar-refractivity contribution < 1.29 is 9.90 Å². The fourth-order valence-electron chi connectivity index (χ4n) is 3.25. The zero-order valence-electron chi connectivity index (χ0n) is 11.4. The first-order valence-electron chi connectivity index (χ1n) is 7.36. The first kappa shape index (κ1) is 13.8. The van der Waals surface area contributed by atoms with Crippen LogP contribution in [0.25, 0.3) is 0 Å². The Kier molecular flexibility index (Phi) is 5.01. The number of nitrogens with zero attached hydrogens (tertiary/aromatic N) is 1. The fraction of sp³-hybridized carbons (Fsp3) is 0.929. The number of hydrogen-bond donors (Lipinski definition) is 2. The number of hydrogen-bond acceptors (Lipinski definition) is 3. The molecule has 0 spiro atoms. The maximum atomic E-state index is 12.7. The SMILES string of the molecule is CC1CNCCC1C(=O)N1CCCCCC1CO. The average molecular weight is 254 g/mol. The summed E-state index contributed by atoms with van der Waals surface area (Å²) in [7, 11) is 0. The lowest BCUT2D eigenvalue weighted by Crippen LogP contribution is -2.49. The molecule has 104 valence electrons. The molecule has 0 aliphatic carbocycles. The highest BCUT2D eigenvalue weighted by Crippen LogP contribution is 2.25. The Balaban J connectivity index is 2.04. The summed E-state index contributed by atoms with van der Waals surface area (Å²) in [5, 5.41) is 12.8. The number of piperidine rings is 1. The first-order valence-corrected chi connectivity index (χ1v) is 7.36. The van der Waals surface area contributed by atoms with Gasteiger partial charge >= 0.3 is 0 Å². The summed E-state index contributed by atoms with van der Waals surface area (Å²) < 4.78 is 0. The molecule has 3 unspecified atom stereocenters. The van der Waals surface area contributed by atoms with E-state index < -0.39 is 0 Å². The van der Waals surface area contributed by atoms with Gasteiger partial charge in [-0.1, -0.05) is 19.8 Å². The monoisotopic (exact) mass is 254 g/mol. The molecule has 2 rings (SSSR count). The molecule has 0 aromatic carbocycles. The van der Waals surface area contributed by atoms with Crippen LogP contribution < -0.4 is 5.32 Å². The van der Waals surface area contributed by atoms with Crippen LogP contribution >= 0.6 is 0 Å². The zero-order valence-corrected chi connectivity index (χ0v) is 11.4. The minimum atomic E-state index is 0.0575. The van der Waals surface area contributed by atoms with Gasteiger partial charge in [0, 0.05) is 12.5 Å². The predicted molar refractivity (Wildman–Crippen MR) is 71.2 cm³/mol. The molecule has 0 bridgehead atoms. The normalized spacial score (nSPS) is 34.1. The van der Waals surface area contributed by atoms with Gasteiger partial charge < -0.3 is 15.3 Å². The van der Waals surface area contributed by atoms with Crippen LogP contribution in [0.3, 0.4) is 0 Å². The third kappa shape index (κ3) is 3.04. The van der Waals surface area contributed by atoms with E-state index in [1.165, 1.54) is 6.42 Å². The van der Waals surface area contributed by atoms with E-state index in [9.17, 15) is 9.90 Å². The van der Waals surface area contributed by atoms with Crippen LogP contribution in [0.5, 0.6) is 0 Å². The highest BCUT2D eigenvalue weighted by Gasteiger charge is 2.34. The minimum absolute atomic E-state index is 0.0575.